The topological polar surface area (TPSA) is 88.2 Å². The van der Waals surface area contributed by atoms with Crippen molar-refractivity contribution < 1.29 is 14.3 Å². The lowest BCUT2D eigenvalue weighted by Gasteiger charge is -2.36. The summed E-state index contributed by atoms with van der Waals surface area (Å²) in [6.07, 6.45) is 8.09. The molecule has 2 aliphatic rings. The van der Waals surface area contributed by atoms with Gasteiger partial charge in [-0.1, -0.05) is 12.8 Å². The van der Waals surface area contributed by atoms with E-state index in [1.165, 1.54) is 12.8 Å². The van der Waals surface area contributed by atoms with Gasteiger partial charge in [0.15, 0.2) is 0 Å². The predicted octanol–water partition coefficient (Wildman–Crippen LogP) is 1.69. The van der Waals surface area contributed by atoms with Crippen LogP contribution in [0.15, 0.2) is 4.42 Å². The predicted molar refractivity (Wildman–Crippen MR) is 75.6 cm³/mol. The maximum Gasteiger partial charge on any atom is 0.220 e. The van der Waals surface area contributed by atoms with Crippen LogP contribution in [0.1, 0.15) is 69.1 Å². The monoisotopic (exact) mass is 293 g/mol. The number of aliphatic hydroxyl groups is 1. The Balaban J connectivity index is 1.41. The van der Waals surface area contributed by atoms with E-state index in [2.05, 4.69) is 15.5 Å². The van der Waals surface area contributed by atoms with E-state index in [4.69, 9.17) is 4.42 Å². The van der Waals surface area contributed by atoms with Gasteiger partial charge >= 0.3 is 0 Å². The molecule has 2 fully saturated rings. The van der Waals surface area contributed by atoms with Crippen molar-refractivity contribution in [3.05, 3.63) is 11.8 Å². The molecule has 1 aromatic heterocycles. The van der Waals surface area contributed by atoms with Gasteiger partial charge in [-0.2, -0.15) is 0 Å². The van der Waals surface area contributed by atoms with Gasteiger partial charge < -0.3 is 14.8 Å². The third kappa shape index (κ3) is 3.61. The first-order valence-corrected chi connectivity index (χ1v) is 7.96. The molecule has 1 heterocycles. The highest BCUT2D eigenvalue weighted by atomic mass is 16.4. The Labute approximate surface area is 124 Å². The fraction of sp³-hybridized carbons (Fsp3) is 0.800. The van der Waals surface area contributed by atoms with Gasteiger partial charge in [0.25, 0.3) is 0 Å². The number of aromatic nitrogens is 2. The summed E-state index contributed by atoms with van der Waals surface area (Å²) >= 11 is 0. The number of carbonyl (C=O) groups is 1. The van der Waals surface area contributed by atoms with E-state index in [-0.39, 0.29) is 5.91 Å². The van der Waals surface area contributed by atoms with Crippen LogP contribution in [0.2, 0.25) is 0 Å². The van der Waals surface area contributed by atoms with Crippen LogP contribution >= 0.6 is 0 Å². The number of aryl methyl sites for hydroxylation is 1. The highest BCUT2D eigenvalue weighted by molar-refractivity contribution is 5.76. The largest absolute Gasteiger partial charge is 0.425 e. The molecule has 2 N–H and O–H groups in total. The van der Waals surface area contributed by atoms with Gasteiger partial charge in [-0.15, -0.1) is 10.2 Å². The van der Waals surface area contributed by atoms with Crippen LogP contribution in [-0.2, 0) is 11.2 Å². The number of hydrogen-bond donors (Lipinski definition) is 2. The van der Waals surface area contributed by atoms with Gasteiger partial charge in [-0.05, 0) is 32.1 Å². The summed E-state index contributed by atoms with van der Waals surface area (Å²) in [4.78, 5) is 11.8. The summed E-state index contributed by atoms with van der Waals surface area (Å²) in [7, 11) is 0. The Morgan fingerprint density at radius 2 is 2.05 bits per heavy atom. The van der Waals surface area contributed by atoms with Crippen molar-refractivity contribution in [1.82, 2.24) is 15.5 Å². The van der Waals surface area contributed by atoms with Crippen LogP contribution in [0.25, 0.3) is 0 Å². The summed E-state index contributed by atoms with van der Waals surface area (Å²) < 4.78 is 5.64. The Morgan fingerprint density at radius 1 is 1.29 bits per heavy atom. The molecule has 116 valence electrons. The zero-order valence-electron chi connectivity index (χ0n) is 12.3. The van der Waals surface area contributed by atoms with Crippen LogP contribution in [0.3, 0.4) is 0 Å². The van der Waals surface area contributed by atoms with Crippen molar-refractivity contribution >= 4 is 5.91 Å². The molecule has 0 unspecified atom stereocenters. The molecule has 6 heteroatoms. The van der Waals surface area contributed by atoms with Crippen molar-refractivity contribution in [2.24, 2.45) is 0 Å². The minimum Gasteiger partial charge on any atom is -0.425 e. The molecule has 0 radical (unpaired) electrons. The fourth-order valence-electron chi connectivity index (χ4n) is 3.04. The maximum absolute atomic E-state index is 11.8. The summed E-state index contributed by atoms with van der Waals surface area (Å²) in [5.74, 6) is 1.60. The van der Waals surface area contributed by atoms with Crippen molar-refractivity contribution in [3.63, 3.8) is 0 Å². The van der Waals surface area contributed by atoms with Gasteiger partial charge in [-0.25, -0.2) is 0 Å². The quantitative estimate of drug-likeness (QED) is 0.833. The lowest BCUT2D eigenvalue weighted by molar-refractivity contribution is -0.123. The Hall–Kier alpha value is -1.43. The summed E-state index contributed by atoms with van der Waals surface area (Å²) in [6.45, 7) is 0.350. The number of amides is 1. The van der Waals surface area contributed by atoms with Crippen LogP contribution in [0, 0.1) is 0 Å². The summed E-state index contributed by atoms with van der Waals surface area (Å²) in [6, 6.07) is 0. The van der Waals surface area contributed by atoms with Crippen LogP contribution in [0.4, 0.5) is 0 Å². The van der Waals surface area contributed by atoms with Crippen molar-refractivity contribution in [1.29, 1.82) is 0 Å². The number of carbonyl (C=O) groups excluding carboxylic acids is 1. The second kappa shape index (κ2) is 6.13. The van der Waals surface area contributed by atoms with Crippen molar-refractivity contribution in [3.8, 4) is 0 Å². The molecule has 0 spiro atoms. The van der Waals surface area contributed by atoms with Gasteiger partial charge in [0, 0.05) is 25.3 Å². The fourth-order valence-corrected chi connectivity index (χ4v) is 3.04. The molecule has 6 nitrogen and oxygen atoms in total. The van der Waals surface area contributed by atoms with E-state index in [0.29, 0.717) is 31.2 Å². The molecule has 0 saturated heterocycles. The van der Waals surface area contributed by atoms with Gasteiger partial charge in [0.1, 0.15) is 0 Å². The molecular formula is C15H23N3O3. The normalized spacial score (nSPS) is 21.2. The molecule has 3 rings (SSSR count). The first kappa shape index (κ1) is 14.5. The Kier molecular flexibility index (Phi) is 4.24. The summed E-state index contributed by atoms with van der Waals surface area (Å²) in [5, 5.41) is 20.8. The second-order valence-electron chi connectivity index (χ2n) is 6.37. The summed E-state index contributed by atoms with van der Waals surface area (Å²) in [5.41, 5.74) is -0.671. The highest BCUT2D eigenvalue weighted by Crippen LogP contribution is 2.33. The van der Waals surface area contributed by atoms with Gasteiger partial charge in [0.05, 0.1) is 5.60 Å². The zero-order valence-corrected chi connectivity index (χ0v) is 12.3. The number of nitrogens with one attached hydrogen (secondary N) is 1. The second-order valence-corrected chi connectivity index (χ2v) is 6.37. The molecule has 0 bridgehead atoms. The SMILES string of the molecule is O=C(CCc1nnc(C2CCCC2)o1)NCC1(O)CCC1. The molecule has 21 heavy (non-hydrogen) atoms. The van der Waals surface area contributed by atoms with Gasteiger partial charge in [-0.3, -0.25) is 4.79 Å². The van der Waals surface area contributed by atoms with Crippen LogP contribution < -0.4 is 5.32 Å². The third-order valence-corrected chi connectivity index (χ3v) is 4.65. The molecule has 0 aliphatic heterocycles. The minimum absolute atomic E-state index is 0.0732. The highest BCUT2D eigenvalue weighted by Gasteiger charge is 2.34. The first-order chi connectivity index (χ1) is 10.1. The number of nitrogens with zero attached hydrogens (tertiary/aromatic N) is 2. The molecule has 1 aromatic rings. The minimum atomic E-state index is -0.671. The molecule has 0 aromatic carbocycles. The van der Waals surface area contributed by atoms with E-state index in [9.17, 15) is 9.90 Å². The van der Waals surface area contributed by atoms with Gasteiger partial charge in [0.2, 0.25) is 17.7 Å². The third-order valence-electron chi connectivity index (χ3n) is 4.65. The smallest absolute Gasteiger partial charge is 0.220 e. The average molecular weight is 293 g/mol. The van der Waals surface area contributed by atoms with Crippen molar-refractivity contribution in [2.75, 3.05) is 6.54 Å². The number of hydrogen-bond acceptors (Lipinski definition) is 5. The number of rotatable bonds is 6. The van der Waals surface area contributed by atoms with E-state index < -0.39 is 5.60 Å². The lowest BCUT2D eigenvalue weighted by Crippen LogP contribution is -2.47. The van der Waals surface area contributed by atoms with Crippen LogP contribution in [0.5, 0.6) is 0 Å². The van der Waals surface area contributed by atoms with Crippen molar-refractivity contribution in [2.45, 2.75) is 69.3 Å². The van der Waals surface area contributed by atoms with Crippen LogP contribution in [-0.4, -0.2) is 33.4 Å². The van der Waals surface area contributed by atoms with E-state index in [1.54, 1.807) is 0 Å². The first-order valence-electron chi connectivity index (χ1n) is 7.96. The lowest BCUT2D eigenvalue weighted by atomic mass is 9.80. The maximum atomic E-state index is 11.8. The molecular weight excluding hydrogens is 270 g/mol. The zero-order chi connectivity index (χ0) is 14.7. The molecule has 0 atom stereocenters. The van der Waals surface area contributed by atoms with E-state index in [1.807, 2.05) is 0 Å². The molecule has 2 aliphatic carbocycles. The Morgan fingerprint density at radius 3 is 2.71 bits per heavy atom. The van der Waals surface area contributed by atoms with E-state index >= 15 is 0 Å². The molecule has 2 saturated carbocycles. The standard InChI is InChI=1S/C15H23N3O3/c19-12(16-10-15(20)8-3-9-15)6-7-13-17-18-14(21-13)11-4-1-2-5-11/h11,20H,1-10H2,(H,16,19). The molecule has 1 amide bonds. The average Bonchev–Trinajstić information content (AvgIpc) is 3.10. The Bertz CT molecular complexity index is 490. The van der Waals surface area contributed by atoms with E-state index in [0.717, 1.165) is 38.0 Å².